The standard InChI is InChI=1S/C15H20ClNO2/c1-2-15(8-3-4-9-15)10-17-12-7-5-6-11(16)13(12)14(18)19/h5-7,17H,2-4,8-10H2,1H3,(H,18,19). The first-order valence-corrected chi connectivity index (χ1v) is 7.21. The molecule has 0 aromatic heterocycles. The minimum Gasteiger partial charge on any atom is -0.478 e. The number of hydrogen-bond donors (Lipinski definition) is 2. The summed E-state index contributed by atoms with van der Waals surface area (Å²) < 4.78 is 0. The van der Waals surface area contributed by atoms with E-state index in [1.165, 1.54) is 25.7 Å². The number of benzene rings is 1. The molecule has 19 heavy (non-hydrogen) atoms. The van der Waals surface area contributed by atoms with Gasteiger partial charge in [0.2, 0.25) is 0 Å². The van der Waals surface area contributed by atoms with E-state index in [2.05, 4.69) is 12.2 Å². The van der Waals surface area contributed by atoms with Gasteiger partial charge in [0.25, 0.3) is 0 Å². The van der Waals surface area contributed by atoms with E-state index in [0.29, 0.717) is 11.1 Å². The molecule has 1 aromatic rings. The van der Waals surface area contributed by atoms with E-state index in [-0.39, 0.29) is 10.6 Å². The van der Waals surface area contributed by atoms with Crippen LogP contribution in [0.4, 0.5) is 5.69 Å². The number of rotatable bonds is 5. The summed E-state index contributed by atoms with van der Waals surface area (Å²) in [7, 11) is 0. The Labute approximate surface area is 119 Å². The SMILES string of the molecule is CCC1(CNc2cccc(Cl)c2C(=O)O)CCCC1. The molecule has 2 N–H and O–H groups in total. The highest BCUT2D eigenvalue weighted by Gasteiger charge is 2.32. The molecule has 0 unspecified atom stereocenters. The molecule has 0 atom stereocenters. The van der Waals surface area contributed by atoms with Crippen LogP contribution in [0.5, 0.6) is 0 Å². The van der Waals surface area contributed by atoms with Gasteiger partial charge in [-0.3, -0.25) is 0 Å². The molecule has 1 fully saturated rings. The lowest BCUT2D eigenvalue weighted by Gasteiger charge is -2.28. The molecule has 0 saturated heterocycles. The molecule has 0 aliphatic heterocycles. The quantitative estimate of drug-likeness (QED) is 0.840. The van der Waals surface area contributed by atoms with Crippen molar-refractivity contribution in [3.05, 3.63) is 28.8 Å². The summed E-state index contributed by atoms with van der Waals surface area (Å²) in [4.78, 5) is 11.3. The summed E-state index contributed by atoms with van der Waals surface area (Å²) >= 11 is 5.97. The molecule has 0 radical (unpaired) electrons. The van der Waals surface area contributed by atoms with E-state index >= 15 is 0 Å². The monoisotopic (exact) mass is 281 g/mol. The van der Waals surface area contributed by atoms with E-state index in [4.69, 9.17) is 11.6 Å². The number of anilines is 1. The van der Waals surface area contributed by atoms with Gasteiger partial charge in [0.15, 0.2) is 0 Å². The second-order valence-electron chi connectivity index (χ2n) is 5.38. The van der Waals surface area contributed by atoms with Gasteiger partial charge in [0.05, 0.1) is 10.7 Å². The third-order valence-electron chi connectivity index (χ3n) is 4.30. The topological polar surface area (TPSA) is 49.3 Å². The molecule has 1 aromatic carbocycles. The van der Waals surface area contributed by atoms with Crippen LogP contribution in [0.2, 0.25) is 5.02 Å². The number of hydrogen-bond acceptors (Lipinski definition) is 2. The summed E-state index contributed by atoms with van der Waals surface area (Å²) in [6, 6.07) is 5.18. The smallest absolute Gasteiger partial charge is 0.339 e. The van der Waals surface area contributed by atoms with Crippen LogP contribution >= 0.6 is 11.6 Å². The number of carbonyl (C=O) groups is 1. The fourth-order valence-corrected chi connectivity index (χ4v) is 3.21. The fraction of sp³-hybridized carbons (Fsp3) is 0.533. The molecule has 0 spiro atoms. The van der Waals surface area contributed by atoms with E-state index in [1.54, 1.807) is 18.2 Å². The van der Waals surface area contributed by atoms with Gasteiger partial charge in [0.1, 0.15) is 5.56 Å². The van der Waals surface area contributed by atoms with Crippen molar-refractivity contribution in [2.75, 3.05) is 11.9 Å². The average molecular weight is 282 g/mol. The van der Waals surface area contributed by atoms with Gasteiger partial charge >= 0.3 is 5.97 Å². The zero-order valence-electron chi connectivity index (χ0n) is 11.2. The Kier molecular flexibility index (Phi) is 4.35. The number of carboxylic acid groups (broad SMARTS) is 1. The average Bonchev–Trinajstić information content (AvgIpc) is 2.85. The van der Waals surface area contributed by atoms with Crippen molar-refractivity contribution in [1.82, 2.24) is 0 Å². The Bertz CT molecular complexity index is 467. The van der Waals surface area contributed by atoms with Crippen molar-refractivity contribution < 1.29 is 9.90 Å². The molecule has 1 aliphatic rings. The first-order valence-electron chi connectivity index (χ1n) is 6.84. The number of halogens is 1. The Hall–Kier alpha value is -1.22. The van der Waals surface area contributed by atoms with Crippen LogP contribution in [-0.4, -0.2) is 17.6 Å². The minimum absolute atomic E-state index is 0.174. The Morgan fingerprint density at radius 1 is 1.42 bits per heavy atom. The number of carboxylic acids is 1. The van der Waals surface area contributed by atoms with E-state index < -0.39 is 5.97 Å². The Morgan fingerprint density at radius 2 is 2.11 bits per heavy atom. The van der Waals surface area contributed by atoms with Crippen LogP contribution in [0, 0.1) is 5.41 Å². The predicted molar refractivity (Wildman–Crippen MR) is 78.1 cm³/mol. The number of aromatic carboxylic acids is 1. The van der Waals surface area contributed by atoms with Gasteiger partial charge in [-0.1, -0.05) is 37.4 Å². The molecule has 4 heteroatoms. The third-order valence-corrected chi connectivity index (χ3v) is 4.61. The van der Waals surface area contributed by atoms with Gasteiger partial charge in [-0.2, -0.15) is 0 Å². The molecule has 104 valence electrons. The van der Waals surface area contributed by atoms with Crippen LogP contribution in [0.1, 0.15) is 49.4 Å². The van der Waals surface area contributed by atoms with Crippen molar-refractivity contribution in [3.8, 4) is 0 Å². The highest BCUT2D eigenvalue weighted by Crippen LogP contribution is 2.41. The molecule has 1 saturated carbocycles. The van der Waals surface area contributed by atoms with E-state index in [1.807, 2.05) is 0 Å². The first-order chi connectivity index (χ1) is 9.08. The molecule has 0 heterocycles. The van der Waals surface area contributed by atoms with Gasteiger partial charge in [-0.05, 0) is 36.8 Å². The Morgan fingerprint density at radius 3 is 2.68 bits per heavy atom. The fourth-order valence-electron chi connectivity index (χ4n) is 2.95. The minimum atomic E-state index is -0.981. The highest BCUT2D eigenvalue weighted by molar-refractivity contribution is 6.34. The van der Waals surface area contributed by atoms with Crippen molar-refractivity contribution in [2.24, 2.45) is 5.41 Å². The summed E-state index contributed by atoms with van der Waals surface area (Å²) in [6.45, 7) is 3.03. The molecule has 0 bridgehead atoms. The molecule has 1 aliphatic carbocycles. The van der Waals surface area contributed by atoms with Gasteiger partial charge in [-0.15, -0.1) is 0 Å². The van der Waals surface area contributed by atoms with Gasteiger partial charge in [0, 0.05) is 6.54 Å². The molecule has 0 amide bonds. The number of nitrogens with one attached hydrogen (secondary N) is 1. The maximum atomic E-state index is 11.3. The molecular weight excluding hydrogens is 262 g/mol. The zero-order chi connectivity index (χ0) is 13.9. The highest BCUT2D eigenvalue weighted by atomic mass is 35.5. The maximum absolute atomic E-state index is 11.3. The predicted octanol–water partition coefficient (Wildman–Crippen LogP) is 4.42. The molecule has 3 nitrogen and oxygen atoms in total. The first kappa shape index (κ1) is 14.2. The lowest BCUT2D eigenvalue weighted by Crippen LogP contribution is -2.26. The normalized spacial score (nSPS) is 17.4. The van der Waals surface area contributed by atoms with E-state index in [0.717, 1.165) is 13.0 Å². The molecular formula is C15H20ClNO2. The lowest BCUT2D eigenvalue weighted by molar-refractivity contribution is 0.0698. The van der Waals surface area contributed by atoms with Crippen molar-refractivity contribution in [3.63, 3.8) is 0 Å². The lowest BCUT2D eigenvalue weighted by atomic mass is 9.83. The second kappa shape index (κ2) is 5.83. The van der Waals surface area contributed by atoms with Gasteiger partial charge in [-0.25, -0.2) is 4.79 Å². The zero-order valence-corrected chi connectivity index (χ0v) is 12.0. The van der Waals surface area contributed by atoms with Crippen LogP contribution in [0.3, 0.4) is 0 Å². The summed E-state index contributed by atoms with van der Waals surface area (Å²) in [5.74, 6) is -0.981. The summed E-state index contributed by atoms with van der Waals surface area (Å²) in [5.41, 5.74) is 1.12. The van der Waals surface area contributed by atoms with Gasteiger partial charge < -0.3 is 10.4 Å². The van der Waals surface area contributed by atoms with Crippen molar-refractivity contribution in [1.29, 1.82) is 0 Å². The largest absolute Gasteiger partial charge is 0.478 e. The maximum Gasteiger partial charge on any atom is 0.339 e. The van der Waals surface area contributed by atoms with Crippen LogP contribution in [-0.2, 0) is 0 Å². The summed E-state index contributed by atoms with van der Waals surface area (Å²) in [6.07, 6.45) is 6.12. The second-order valence-corrected chi connectivity index (χ2v) is 5.79. The van der Waals surface area contributed by atoms with Crippen LogP contribution in [0.25, 0.3) is 0 Å². The van der Waals surface area contributed by atoms with E-state index in [9.17, 15) is 9.90 Å². The van der Waals surface area contributed by atoms with Crippen LogP contribution in [0.15, 0.2) is 18.2 Å². The summed E-state index contributed by atoms with van der Waals surface area (Å²) in [5, 5.41) is 12.8. The van der Waals surface area contributed by atoms with Crippen molar-refractivity contribution in [2.45, 2.75) is 39.0 Å². The van der Waals surface area contributed by atoms with Crippen LogP contribution < -0.4 is 5.32 Å². The molecule has 2 rings (SSSR count). The Balaban J connectivity index is 2.15. The third kappa shape index (κ3) is 3.03. The van der Waals surface area contributed by atoms with Crippen molar-refractivity contribution >= 4 is 23.3 Å².